The van der Waals surface area contributed by atoms with Crippen molar-refractivity contribution >= 4 is 16.5 Å². The number of unbranched alkanes of at least 4 members (excludes halogenated alkanes) is 1. The molecule has 0 aliphatic carbocycles. The summed E-state index contributed by atoms with van der Waals surface area (Å²) in [5.41, 5.74) is 7.28. The van der Waals surface area contributed by atoms with E-state index in [0.717, 1.165) is 48.0 Å². The Kier molecular flexibility index (Phi) is 4.16. The molecule has 0 fully saturated rings. The Bertz CT molecular complexity index is 569. The second kappa shape index (κ2) is 6.04. The standard InChI is InChI=1S/C15H17N3/c16-9-3-4-10-18-15-8-7-12(11-17)13-5-1-2-6-14(13)15/h1-2,5-8,18H,3-4,9-10,16H2. The molecule has 2 aromatic carbocycles. The first-order valence-corrected chi connectivity index (χ1v) is 6.22. The fraction of sp³-hybridized carbons (Fsp3) is 0.267. The molecule has 2 rings (SSSR count). The summed E-state index contributed by atoms with van der Waals surface area (Å²) in [4.78, 5) is 0. The molecule has 0 unspecified atom stereocenters. The average molecular weight is 239 g/mol. The minimum absolute atomic E-state index is 0.720. The lowest BCUT2D eigenvalue weighted by Crippen LogP contribution is -2.06. The molecule has 0 aliphatic rings. The molecular weight excluding hydrogens is 222 g/mol. The molecule has 0 amide bonds. The van der Waals surface area contributed by atoms with Crippen molar-refractivity contribution in [2.75, 3.05) is 18.4 Å². The molecule has 0 atom stereocenters. The Labute approximate surface area is 107 Å². The summed E-state index contributed by atoms with van der Waals surface area (Å²) in [5.74, 6) is 0. The Morgan fingerprint density at radius 3 is 2.56 bits per heavy atom. The van der Waals surface area contributed by atoms with E-state index < -0.39 is 0 Å². The minimum atomic E-state index is 0.720. The molecule has 0 radical (unpaired) electrons. The van der Waals surface area contributed by atoms with Crippen molar-refractivity contribution in [1.29, 1.82) is 5.26 Å². The number of hydrogen-bond donors (Lipinski definition) is 2. The highest BCUT2D eigenvalue weighted by molar-refractivity contribution is 5.97. The van der Waals surface area contributed by atoms with Crippen molar-refractivity contribution in [1.82, 2.24) is 0 Å². The summed E-state index contributed by atoms with van der Waals surface area (Å²) in [5, 5.41) is 14.6. The molecule has 0 spiro atoms. The normalized spacial score (nSPS) is 10.2. The van der Waals surface area contributed by atoms with Crippen LogP contribution in [-0.4, -0.2) is 13.1 Å². The Morgan fingerprint density at radius 2 is 1.83 bits per heavy atom. The van der Waals surface area contributed by atoms with E-state index in [0.29, 0.717) is 0 Å². The van der Waals surface area contributed by atoms with Crippen LogP contribution in [-0.2, 0) is 0 Å². The fourth-order valence-corrected chi connectivity index (χ4v) is 2.04. The van der Waals surface area contributed by atoms with Crippen LogP contribution in [0.15, 0.2) is 36.4 Å². The number of fused-ring (bicyclic) bond motifs is 1. The van der Waals surface area contributed by atoms with Gasteiger partial charge in [-0.15, -0.1) is 0 Å². The predicted molar refractivity (Wildman–Crippen MR) is 75.4 cm³/mol. The lowest BCUT2D eigenvalue weighted by Gasteiger charge is -2.10. The van der Waals surface area contributed by atoms with Gasteiger partial charge in [0.1, 0.15) is 0 Å². The maximum absolute atomic E-state index is 9.09. The third kappa shape index (κ3) is 2.61. The quantitative estimate of drug-likeness (QED) is 0.789. The number of anilines is 1. The maximum Gasteiger partial charge on any atom is 0.0998 e. The van der Waals surface area contributed by atoms with Gasteiger partial charge in [-0.25, -0.2) is 0 Å². The number of nitrogens with one attached hydrogen (secondary N) is 1. The predicted octanol–water partition coefficient (Wildman–Crippen LogP) is 2.86. The molecule has 18 heavy (non-hydrogen) atoms. The van der Waals surface area contributed by atoms with E-state index in [1.807, 2.05) is 36.4 Å². The Hall–Kier alpha value is -2.05. The summed E-state index contributed by atoms with van der Waals surface area (Å²) in [7, 11) is 0. The van der Waals surface area contributed by atoms with Crippen molar-refractivity contribution in [2.45, 2.75) is 12.8 Å². The molecule has 3 heteroatoms. The van der Waals surface area contributed by atoms with Gasteiger partial charge in [0, 0.05) is 23.0 Å². The summed E-state index contributed by atoms with van der Waals surface area (Å²) < 4.78 is 0. The lowest BCUT2D eigenvalue weighted by molar-refractivity contribution is 0.774. The maximum atomic E-state index is 9.09. The summed E-state index contributed by atoms with van der Waals surface area (Å²) in [6, 6.07) is 14.1. The van der Waals surface area contributed by atoms with Gasteiger partial charge in [0.2, 0.25) is 0 Å². The van der Waals surface area contributed by atoms with Gasteiger partial charge in [-0.2, -0.15) is 5.26 Å². The fourth-order valence-electron chi connectivity index (χ4n) is 2.04. The molecule has 0 saturated carbocycles. The zero-order valence-electron chi connectivity index (χ0n) is 10.3. The van der Waals surface area contributed by atoms with Crippen LogP contribution in [0.2, 0.25) is 0 Å². The third-order valence-electron chi connectivity index (χ3n) is 2.99. The smallest absolute Gasteiger partial charge is 0.0998 e. The van der Waals surface area contributed by atoms with Crippen LogP contribution in [0.1, 0.15) is 18.4 Å². The van der Waals surface area contributed by atoms with Crippen LogP contribution >= 0.6 is 0 Å². The van der Waals surface area contributed by atoms with Crippen LogP contribution in [0.4, 0.5) is 5.69 Å². The first kappa shape index (κ1) is 12.4. The average Bonchev–Trinajstić information content (AvgIpc) is 2.43. The van der Waals surface area contributed by atoms with Crippen LogP contribution in [0.5, 0.6) is 0 Å². The van der Waals surface area contributed by atoms with Gasteiger partial charge >= 0.3 is 0 Å². The molecule has 0 bridgehead atoms. The van der Waals surface area contributed by atoms with Crippen molar-refractivity contribution < 1.29 is 0 Å². The van der Waals surface area contributed by atoms with Gasteiger partial charge in [0.05, 0.1) is 11.6 Å². The van der Waals surface area contributed by atoms with Gasteiger partial charge in [-0.05, 0) is 31.5 Å². The topological polar surface area (TPSA) is 61.8 Å². The monoisotopic (exact) mass is 239 g/mol. The van der Waals surface area contributed by atoms with E-state index in [2.05, 4.69) is 11.4 Å². The van der Waals surface area contributed by atoms with E-state index in [1.54, 1.807) is 0 Å². The zero-order chi connectivity index (χ0) is 12.8. The molecule has 92 valence electrons. The Morgan fingerprint density at radius 1 is 1.06 bits per heavy atom. The van der Waals surface area contributed by atoms with Crippen LogP contribution < -0.4 is 11.1 Å². The second-order valence-corrected chi connectivity index (χ2v) is 4.24. The van der Waals surface area contributed by atoms with E-state index in [4.69, 9.17) is 11.0 Å². The number of benzene rings is 2. The highest BCUT2D eigenvalue weighted by Crippen LogP contribution is 2.26. The molecule has 0 aromatic heterocycles. The van der Waals surface area contributed by atoms with E-state index in [9.17, 15) is 0 Å². The van der Waals surface area contributed by atoms with Crippen molar-refractivity contribution in [3.8, 4) is 6.07 Å². The van der Waals surface area contributed by atoms with E-state index in [1.165, 1.54) is 0 Å². The molecule has 3 nitrogen and oxygen atoms in total. The molecule has 0 heterocycles. The number of hydrogen-bond acceptors (Lipinski definition) is 3. The minimum Gasteiger partial charge on any atom is -0.385 e. The Balaban J connectivity index is 2.27. The lowest BCUT2D eigenvalue weighted by atomic mass is 10.0. The van der Waals surface area contributed by atoms with Crippen LogP contribution in [0.3, 0.4) is 0 Å². The van der Waals surface area contributed by atoms with Crippen molar-refractivity contribution in [2.24, 2.45) is 5.73 Å². The molecule has 0 saturated heterocycles. The molecular formula is C15H17N3. The van der Waals surface area contributed by atoms with Crippen molar-refractivity contribution in [3.63, 3.8) is 0 Å². The highest BCUT2D eigenvalue weighted by atomic mass is 14.9. The third-order valence-corrected chi connectivity index (χ3v) is 2.99. The SMILES string of the molecule is N#Cc1ccc(NCCCCN)c2ccccc12. The molecule has 2 aromatic rings. The molecule has 3 N–H and O–H groups in total. The first-order chi connectivity index (χ1) is 8.86. The van der Waals surface area contributed by atoms with Gasteiger partial charge in [0.25, 0.3) is 0 Å². The molecule has 0 aliphatic heterocycles. The zero-order valence-corrected chi connectivity index (χ0v) is 10.3. The summed E-state index contributed by atoms with van der Waals surface area (Å²) >= 11 is 0. The number of nitrogens with zero attached hydrogens (tertiary/aromatic N) is 1. The van der Waals surface area contributed by atoms with Crippen LogP contribution in [0.25, 0.3) is 10.8 Å². The van der Waals surface area contributed by atoms with Gasteiger partial charge in [0.15, 0.2) is 0 Å². The summed E-state index contributed by atoms with van der Waals surface area (Å²) in [6.45, 7) is 1.64. The largest absolute Gasteiger partial charge is 0.385 e. The second-order valence-electron chi connectivity index (χ2n) is 4.24. The number of nitrogens with two attached hydrogens (primary N) is 1. The van der Waals surface area contributed by atoms with Crippen LogP contribution in [0, 0.1) is 11.3 Å². The van der Waals surface area contributed by atoms with E-state index >= 15 is 0 Å². The van der Waals surface area contributed by atoms with Gasteiger partial charge in [-0.1, -0.05) is 24.3 Å². The van der Waals surface area contributed by atoms with Gasteiger partial charge < -0.3 is 11.1 Å². The van der Waals surface area contributed by atoms with Crippen molar-refractivity contribution in [3.05, 3.63) is 42.0 Å². The summed E-state index contributed by atoms with van der Waals surface area (Å²) in [6.07, 6.45) is 2.09. The van der Waals surface area contributed by atoms with Gasteiger partial charge in [-0.3, -0.25) is 0 Å². The highest BCUT2D eigenvalue weighted by Gasteiger charge is 2.04. The first-order valence-electron chi connectivity index (χ1n) is 6.22. The number of rotatable bonds is 5. The number of nitriles is 1. The van der Waals surface area contributed by atoms with E-state index in [-0.39, 0.29) is 0 Å².